The predicted molar refractivity (Wildman–Crippen MR) is 117 cm³/mol. The van der Waals surface area contributed by atoms with Crippen LogP contribution in [0.15, 0.2) is 59.5 Å². The molecule has 2 aromatic carbocycles. The molecule has 0 aliphatic rings. The third-order valence-electron chi connectivity index (χ3n) is 4.52. The van der Waals surface area contributed by atoms with Crippen molar-refractivity contribution in [3.63, 3.8) is 0 Å². The summed E-state index contributed by atoms with van der Waals surface area (Å²) in [6.45, 7) is 6.08. The maximum Gasteiger partial charge on any atom is 0.242 e. The molecule has 0 unspecified atom stereocenters. The van der Waals surface area contributed by atoms with Gasteiger partial charge in [0.05, 0.1) is 5.75 Å². The monoisotopic (exact) mass is 418 g/mol. The van der Waals surface area contributed by atoms with E-state index in [0.29, 0.717) is 11.6 Å². The molecule has 0 saturated heterocycles. The van der Waals surface area contributed by atoms with Crippen molar-refractivity contribution in [1.82, 2.24) is 10.2 Å². The molecule has 0 bridgehead atoms. The molecule has 1 N–H and O–H groups in total. The van der Waals surface area contributed by atoms with Crippen LogP contribution in [0.3, 0.4) is 0 Å². The topological polar surface area (TPSA) is 49.4 Å². The first-order chi connectivity index (χ1) is 13.4. The first kappa shape index (κ1) is 22.3. The Hall–Kier alpha value is -1.98. The van der Waals surface area contributed by atoms with Crippen LogP contribution < -0.4 is 5.32 Å². The molecule has 0 aromatic heterocycles. The fraction of sp³-hybridized carbons (Fsp3) is 0.364. The summed E-state index contributed by atoms with van der Waals surface area (Å²) in [5.41, 5.74) is 0.897. The van der Waals surface area contributed by atoms with Gasteiger partial charge in [0.15, 0.2) is 0 Å². The third-order valence-corrected chi connectivity index (χ3v) is 5.75. The van der Waals surface area contributed by atoms with E-state index in [9.17, 15) is 9.59 Å². The van der Waals surface area contributed by atoms with Gasteiger partial charge in [0.2, 0.25) is 11.8 Å². The van der Waals surface area contributed by atoms with Gasteiger partial charge in [-0.2, -0.15) is 0 Å². The summed E-state index contributed by atoms with van der Waals surface area (Å²) in [7, 11) is 0. The van der Waals surface area contributed by atoms with Gasteiger partial charge in [-0.25, -0.2) is 0 Å². The number of hydrogen-bond donors (Lipinski definition) is 1. The zero-order valence-corrected chi connectivity index (χ0v) is 18.1. The lowest BCUT2D eigenvalue weighted by molar-refractivity contribution is -0.138. The van der Waals surface area contributed by atoms with Crippen LogP contribution in [-0.2, 0) is 16.1 Å². The summed E-state index contributed by atoms with van der Waals surface area (Å²) in [6, 6.07) is 16.6. The normalized spacial score (nSPS) is 12.9. The van der Waals surface area contributed by atoms with E-state index in [2.05, 4.69) is 5.32 Å². The Balaban J connectivity index is 2.14. The number of thioether (sulfide) groups is 1. The molecule has 0 aliphatic carbocycles. The van der Waals surface area contributed by atoms with Crippen molar-refractivity contribution in [3.05, 3.63) is 65.2 Å². The molecule has 0 radical (unpaired) electrons. The minimum atomic E-state index is -0.572. The summed E-state index contributed by atoms with van der Waals surface area (Å²) >= 11 is 7.56. The maximum absolute atomic E-state index is 13.0. The van der Waals surface area contributed by atoms with E-state index < -0.39 is 6.04 Å². The van der Waals surface area contributed by atoms with Crippen LogP contribution in [-0.4, -0.2) is 34.6 Å². The molecule has 0 heterocycles. The molecule has 2 rings (SSSR count). The summed E-state index contributed by atoms with van der Waals surface area (Å²) in [6.07, 6.45) is 0.838. The van der Waals surface area contributed by atoms with Gasteiger partial charge in [0.25, 0.3) is 0 Å². The molecule has 0 spiro atoms. The minimum absolute atomic E-state index is 0.0664. The van der Waals surface area contributed by atoms with E-state index >= 15 is 0 Å². The molecular formula is C22H27ClN2O2S. The standard InChI is InChI=1S/C22H27ClN2O2S/c1-4-16(2)24-22(27)17(3)25(14-18-9-8-10-19(23)13-18)21(26)15-28-20-11-6-5-7-12-20/h5-13,16-17H,4,14-15H2,1-3H3,(H,24,27)/t16-,17-/m0/s1. The second-order valence-corrected chi connectivity index (χ2v) is 8.23. The van der Waals surface area contributed by atoms with Gasteiger partial charge in [0.1, 0.15) is 6.04 Å². The van der Waals surface area contributed by atoms with Crippen LogP contribution in [0.4, 0.5) is 0 Å². The third kappa shape index (κ3) is 6.88. The lowest BCUT2D eigenvalue weighted by atomic mass is 10.1. The molecule has 4 nitrogen and oxygen atoms in total. The number of carbonyl (C=O) groups excluding carboxylic acids is 2. The summed E-state index contributed by atoms with van der Waals surface area (Å²) in [5, 5.41) is 3.58. The molecule has 150 valence electrons. The van der Waals surface area contributed by atoms with Crippen molar-refractivity contribution in [2.45, 2.75) is 50.7 Å². The van der Waals surface area contributed by atoms with Crippen LogP contribution in [0, 0.1) is 0 Å². The average Bonchev–Trinajstić information content (AvgIpc) is 2.70. The number of hydrogen-bond acceptors (Lipinski definition) is 3. The number of benzene rings is 2. The van der Waals surface area contributed by atoms with Crippen molar-refractivity contribution in [2.24, 2.45) is 0 Å². The lowest BCUT2D eigenvalue weighted by Crippen LogP contribution is -2.50. The smallest absolute Gasteiger partial charge is 0.242 e. The lowest BCUT2D eigenvalue weighted by Gasteiger charge is -2.29. The number of nitrogens with one attached hydrogen (secondary N) is 1. The molecular weight excluding hydrogens is 392 g/mol. The van der Waals surface area contributed by atoms with Gasteiger partial charge in [-0.05, 0) is 50.1 Å². The molecule has 2 aromatic rings. The van der Waals surface area contributed by atoms with Crippen molar-refractivity contribution in [3.8, 4) is 0 Å². The van der Waals surface area contributed by atoms with Gasteiger partial charge in [-0.15, -0.1) is 11.8 Å². The van der Waals surface area contributed by atoms with Gasteiger partial charge < -0.3 is 10.2 Å². The Bertz CT molecular complexity index is 785. The zero-order chi connectivity index (χ0) is 20.5. The number of nitrogens with zero attached hydrogens (tertiary/aromatic N) is 1. The SMILES string of the molecule is CC[C@H](C)NC(=O)[C@H](C)N(Cc1cccc(Cl)c1)C(=O)CSc1ccccc1. The Kier molecular flexibility index (Phi) is 8.87. The summed E-state index contributed by atoms with van der Waals surface area (Å²) < 4.78 is 0. The fourth-order valence-electron chi connectivity index (χ4n) is 2.62. The Morgan fingerprint density at radius 3 is 2.46 bits per heavy atom. The quantitative estimate of drug-likeness (QED) is 0.597. The van der Waals surface area contributed by atoms with E-state index in [4.69, 9.17) is 11.6 Å². The second-order valence-electron chi connectivity index (χ2n) is 6.75. The molecule has 28 heavy (non-hydrogen) atoms. The van der Waals surface area contributed by atoms with E-state index in [-0.39, 0.29) is 23.6 Å². The highest BCUT2D eigenvalue weighted by Crippen LogP contribution is 2.20. The van der Waals surface area contributed by atoms with Crippen LogP contribution >= 0.6 is 23.4 Å². The molecule has 2 atom stereocenters. The highest BCUT2D eigenvalue weighted by molar-refractivity contribution is 8.00. The Labute approximate surface area is 176 Å². The highest BCUT2D eigenvalue weighted by Gasteiger charge is 2.26. The van der Waals surface area contributed by atoms with Gasteiger partial charge in [-0.1, -0.05) is 48.9 Å². The second kappa shape index (κ2) is 11.1. The van der Waals surface area contributed by atoms with Crippen molar-refractivity contribution in [2.75, 3.05) is 5.75 Å². The Morgan fingerprint density at radius 2 is 1.82 bits per heavy atom. The van der Waals surface area contributed by atoms with Crippen molar-refractivity contribution < 1.29 is 9.59 Å². The highest BCUT2D eigenvalue weighted by atomic mass is 35.5. The molecule has 0 aliphatic heterocycles. The first-order valence-electron chi connectivity index (χ1n) is 9.42. The summed E-state index contributed by atoms with van der Waals surface area (Å²) in [5.74, 6) is 0.0426. The molecule has 0 saturated carbocycles. The van der Waals surface area contributed by atoms with Crippen molar-refractivity contribution >= 4 is 35.2 Å². The fourth-order valence-corrected chi connectivity index (χ4v) is 3.64. The predicted octanol–water partition coefficient (Wildman–Crippen LogP) is 4.76. The zero-order valence-electron chi connectivity index (χ0n) is 16.5. The van der Waals surface area contributed by atoms with Crippen LogP contribution in [0.2, 0.25) is 5.02 Å². The first-order valence-corrected chi connectivity index (χ1v) is 10.8. The number of rotatable bonds is 9. The molecule has 2 amide bonds. The van der Waals surface area contributed by atoms with Gasteiger partial charge in [0, 0.05) is 22.5 Å². The van der Waals surface area contributed by atoms with E-state index in [0.717, 1.165) is 16.9 Å². The largest absolute Gasteiger partial charge is 0.352 e. The number of amides is 2. The van der Waals surface area contributed by atoms with Crippen LogP contribution in [0.25, 0.3) is 0 Å². The van der Waals surface area contributed by atoms with Crippen molar-refractivity contribution in [1.29, 1.82) is 0 Å². The molecule has 0 fully saturated rings. The van der Waals surface area contributed by atoms with Crippen LogP contribution in [0.5, 0.6) is 0 Å². The van der Waals surface area contributed by atoms with E-state index in [1.807, 2.05) is 62.4 Å². The Morgan fingerprint density at radius 1 is 1.11 bits per heavy atom. The maximum atomic E-state index is 13.0. The van der Waals surface area contributed by atoms with E-state index in [1.54, 1.807) is 17.9 Å². The van der Waals surface area contributed by atoms with E-state index in [1.165, 1.54) is 11.8 Å². The van der Waals surface area contributed by atoms with Gasteiger partial charge in [-0.3, -0.25) is 9.59 Å². The van der Waals surface area contributed by atoms with Crippen LogP contribution in [0.1, 0.15) is 32.8 Å². The minimum Gasteiger partial charge on any atom is -0.352 e. The number of carbonyl (C=O) groups is 2. The number of halogens is 1. The van der Waals surface area contributed by atoms with Gasteiger partial charge >= 0.3 is 0 Å². The summed E-state index contributed by atoms with van der Waals surface area (Å²) in [4.78, 5) is 28.3. The average molecular weight is 419 g/mol. The molecule has 6 heteroatoms.